The number of alkyl halides is 3. The van der Waals surface area contributed by atoms with E-state index in [1.54, 1.807) is 50.2 Å². The van der Waals surface area contributed by atoms with Gasteiger partial charge in [-0.3, -0.25) is 28.8 Å². The van der Waals surface area contributed by atoms with Gasteiger partial charge < -0.3 is 30.7 Å². The lowest BCUT2D eigenvalue weighted by Crippen LogP contribution is -2.32. The number of hydrogen-bond acceptors (Lipinski definition) is 12. The summed E-state index contributed by atoms with van der Waals surface area (Å²) in [5.74, 6) is -3.12. The number of ether oxygens (including phenoxy) is 2. The number of ketones is 2. The third-order valence-corrected chi connectivity index (χ3v) is 10.8. The van der Waals surface area contributed by atoms with Gasteiger partial charge in [0.15, 0.2) is 11.6 Å². The van der Waals surface area contributed by atoms with Crippen molar-refractivity contribution in [2.75, 3.05) is 34.5 Å². The summed E-state index contributed by atoms with van der Waals surface area (Å²) in [6, 6.07) is 19.7. The molecule has 0 heterocycles. The monoisotopic (exact) mass is 1020 g/mol. The molecule has 0 saturated carbocycles. The third kappa shape index (κ3) is 14.1. The van der Waals surface area contributed by atoms with E-state index in [1.165, 1.54) is 54.6 Å². The number of amides is 4. The Kier molecular flexibility index (Phi) is 19.4. The molecule has 5 aromatic carbocycles. The molecule has 354 valence electrons. The zero-order valence-corrected chi connectivity index (χ0v) is 40.6. The van der Waals surface area contributed by atoms with E-state index < -0.39 is 47.3 Å². The standard InChI is InChI=1S/C47H43Cl5N8O8/c1-5-67-42-27(22-48)9-7-11-38(42)55-44(63)29-15-32(51)20-35(17-29)57-59-40(25(3)61)46(65)53-34-13-14-37(31(19-34)24-50)54-47(66)41(26(4)62)60-58-36-18-30(16-33(52)21-36)45(64)56-39-12-8-10-28(23-49)43(39)68-6-2/h7-21,40-41H,5-6,22-24H2,1-4H3,(H,53,65)(H,54,66)(H,55,63)(H,56,64). The molecule has 0 spiro atoms. The van der Waals surface area contributed by atoms with Crippen LogP contribution in [0, 0.1) is 0 Å². The lowest BCUT2D eigenvalue weighted by Gasteiger charge is -2.15. The van der Waals surface area contributed by atoms with E-state index in [4.69, 9.17) is 67.5 Å². The smallest absolute Gasteiger partial charge is 0.258 e. The number of hydrogen-bond donors (Lipinski definition) is 4. The molecule has 0 bridgehead atoms. The Labute approximate surface area is 416 Å². The second kappa shape index (κ2) is 25.1. The Hall–Kier alpha value is -6.43. The van der Waals surface area contributed by atoms with Crippen molar-refractivity contribution in [1.29, 1.82) is 0 Å². The van der Waals surface area contributed by atoms with E-state index >= 15 is 0 Å². The van der Waals surface area contributed by atoms with Gasteiger partial charge in [0, 0.05) is 49.6 Å². The number of para-hydroxylation sites is 2. The van der Waals surface area contributed by atoms with Crippen molar-refractivity contribution in [1.82, 2.24) is 0 Å². The molecule has 5 aromatic rings. The molecular weight excluding hydrogens is 982 g/mol. The van der Waals surface area contributed by atoms with Crippen molar-refractivity contribution in [3.63, 3.8) is 0 Å². The SMILES string of the molecule is CCOc1c(CCl)cccc1NC(=O)c1cc(Cl)cc(N=NC(C(C)=O)C(=O)Nc2ccc(NC(=O)C(N=Nc3cc(Cl)cc(C(=O)Nc4cccc(CCl)c4OCC)c3)C(C)=O)c(CCl)c2)c1. The van der Waals surface area contributed by atoms with Gasteiger partial charge in [0.1, 0.15) is 11.5 Å². The maximum Gasteiger partial charge on any atom is 0.258 e. The highest BCUT2D eigenvalue weighted by Crippen LogP contribution is 2.33. The number of nitrogens with one attached hydrogen (secondary N) is 4. The summed E-state index contributed by atoms with van der Waals surface area (Å²) in [5.41, 5.74) is 3.18. The zero-order chi connectivity index (χ0) is 49.5. The number of Topliss-reactive ketones (excluding diaryl/α,β-unsaturated/α-hetero) is 2. The van der Waals surface area contributed by atoms with Crippen LogP contribution < -0.4 is 30.7 Å². The van der Waals surface area contributed by atoms with Crippen molar-refractivity contribution in [3.05, 3.63) is 129 Å². The van der Waals surface area contributed by atoms with Crippen LogP contribution in [0.4, 0.5) is 34.1 Å². The molecule has 4 N–H and O–H groups in total. The summed E-state index contributed by atoms with van der Waals surface area (Å²) in [6.07, 6.45) is 0. The second-order valence-electron chi connectivity index (χ2n) is 14.5. The molecule has 0 fully saturated rings. The largest absolute Gasteiger partial charge is 0.491 e. The highest BCUT2D eigenvalue weighted by atomic mass is 35.5. The average molecular weight is 1030 g/mol. The summed E-state index contributed by atoms with van der Waals surface area (Å²) >= 11 is 31.0. The molecule has 0 aromatic heterocycles. The van der Waals surface area contributed by atoms with E-state index in [2.05, 4.69) is 41.7 Å². The molecule has 2 unspecified atom stereocenters. The summed E-state index contributed by atoms with van der Waals surface area (Å²) in [6.45, 7) is 6.58. The fraction of sp³-hybridized carbons (Fsp3) is 0.234. The van der Waals surface area contributed by atoms with Gasteiger partial charge in [0.05, 0.1) is 47.7 Å². The van der Waals surface area contributed by atoms with Crippen molar-refractivity contribution >= 4 is 127 Å². The molecule has 0 radical (unpaired) electrons. The van der Waals surface area contributed by atoms with E-state index in [9.17, 15) is 28.8 Å². The van der Waals surface area contributed by atoms with Crippen LogP contribution in [-0.2, 0) is 36.8 Å². The third-order valence-electron chi connectivity index (χ3n) is 9.46. The number of anilines is 4. The van der Waals surface area contributed by atoms with Gasteiger partial charge in [-0.2, -0.15) is 20.5 Å². The number of carbonyl (C=O) groups excluding carboxylic acids is 6. The van der Waals surface area contributed by atoms with Gasteiger partial charge in [-0.1, -0.05) is 47.5 Å². The second-order valence-corrected chi connectivity index (χ2v) is 16.1. The first kappa shape index (κ1) is 52.5. The van der Waals surface area contributed by atoms with Crippen LogP contribution >= 0.6 is 58.0 Å². The lowest BCUT2D eigenvalue weighted by atomic mass is 10.1. The molecule has 5 rings (SSSR count). The summed E-state index contributed by atoms with van der Waals surface area (Å²) in [4.78, 5) is 78.8. The first-order valence-corrected chi connectivity index (χ1v) is 22.9. The number of benzene rings is 5. The van der Waals surface area contributed by atoms with Gasteiger partial charge in [-0.05, 0) is 100.0 Å². The molecule has 68 heavy (non-hydrogen) atoms. The topological polar surface area (TPSA) is 218 Å². The number of azo groups is 2. The molecule has 0 saturated heterocycles. The summed E-state index contributed by atoms with van der Waals surface area (Å²) in [5, 5.41) is 27.1. The molecule has 0 aliphatic carbocycles. The van der Waals surface area contributed by atoms with Crippen LogP contribution in [0.1, 0.15) is 65.1 Å². The minimum atomic E-state index is -1.63. The number of rotatable bonds is 21. The maximum atomic E-state index is 13.5. The predicted octanol–water partition coefficient (Wildman–Crippen LogP) is 11.9. The predicted molar refractivity (Wildman–Crippen MR) is 264 cm³/mol. The van der Waals surface area contributed by atoms with E-state index in [0.717, 1.165) is 13.8 Å². The van der Waals surface area contributed by atoms with Crippen LogP contribution in [0.5, 0.6) is 11.5 Å². The van der Waals surface area contributed by atoms with Crippen LogP contribution in [0.15, 0.2) is 111 Å². The van der Waals surface area contributed by atoms with Gasteiger partial charge >= 0.3 is 0 Å². The van der Waals surface area contributed by atoms with Crippen molar-refractivity contribution in [2.45, 2.75) is 57.4 Å². The number of halogens is 5. The van der Waals surface area contributed by atoms with Crippen molar-refractivity contribution < 1.29 is 38.2 Å². The fourth-order valence-corrected chi connectivity index (χ4v) is 7.42. The number of nitrogens with zero attached hydrogens (tertiary/aromatic N) is 4. The van der Waals surface area contributed by atoms with Gasteiger partial charge in [-0.25, -0.2) is 0 Å². The van der Waals surface area contributed by atoms with E-state index in [0.29, 0.717) is 52.8 Å². The highest BCUT2D eigenvalue weighted by Gasteiger charge is 2.26. The first-order valence-electron chi connectivity index (χ1n) is 20.6. The van der Waals surface area contributed by atoms with E-state index in [-0.39, 0.29) is 61.6 Å². The Morgan fingerprint density at radius 1 is 0.529 bits per heavy atom. The van der Waals surface area contributed by atoms with Crippen LogP contribution in [-0.4, -0.2) is 60.5 Å². The molecule has 16 nitrogen and oxygen atoms in total. The normalized spacial score (nSPS) is 12.0. The number of carbonyl (C=O) groups is 6. The Morgan fingerprint density at radius 2 is 0.971 bits per heavy atom. The Balaban J connectivity index is 1.27. The molecule has 2 atom stereocenters. The minimum absolute atomic E-state index is 0.0771. The van der Waals surface area contributed by atoms with Crippen LogP contribution in [0.2, 0.25) is 10.0 Å². The molecular formula is C47H43Cl5N8O8. The van der Waals surface area contributed by atoms with E-state index in [1.807, 2.05) is 0 Å². The quantitative estimate of drug-likeness (QED) is 0.0314. The van der Waals surface area contributed by atoms with Crippen LogP contribution in [0.3, 0.4) is 0 Å². The van der Waals surface area contributed by atoms with Crippen LogP contribution in [0.25, 0.3) is 0 Å². The van der Waals surface area contributed by atoms with Crippen molar-refractivity contribution in [3.8, 4) is 11.5 Å². The minimum Gasteiger partial charge on any atom is -0.491 e. The van der Waals surface area contributed by atoms with Gasteiger partial charge in [0.25, 0.3) is 23.6 Å². The average Bonchev–Trinajstić information content (AvgIpc) is 3.30. The summed E-state index contributed by atoms with van der Waals surface area (Å²) < 4.78 is 11.4. The lowest BCUT2D eigenvalue weighted by molar-refractivity contribution is -0.127. The summed E-state index contributed by atoms with van der Waals surface area (Å²) in [7, 11) is 0. The fourth-order valence-electron chi connectivity index (χ4n) is 6.32. The molecule has 0 aliphatic heterocycles. The van der Waals surface area contributed by atoms with Crippen molar-refractivity contribution in [2.24, 2.45) is 20.5 Å². The maximum absolute atomic E-state index is 13.5. The molecule has 0 aliphatic rings. The Morgan fingerprint density at radius 3 is 1.38 bits per heavy atom. The van der Waals surface area contributed by atoms with Gasteiger partial charge in [-0.15, -0.1) is 34.8 Å². The molecule has 21 heteroatoms. The first-order chi connectivity index (χ1) is 32.6. The van der Waals surface area contributed by atoms with Gasteiger partial charge in [0.2, 0.25) is 12.1 Å². The highest BCUT2D eigenvalue weighted by molar-refractivity contribution is 6.32. The zero-order valence-electron chi connectivity index (χ0n) is 36.8. The molecule has 4 amide bonds. The Bertz CT molecular complexity index is 2790.